The van der Waals surface area contributed by atoms with Gasteiger partial charge in [0, 0.05) is 42.7 Å². The first-order chi connectivity index (χ1) is 16.0. The van der Waals surface area contributed by atoms with Crippen LogP contribution in [-0.4, -0.2) is 38.7 Å². The van der Waals surface area contributed by atoms with Crippen LogP contribution in [-0.2, 0) is 16.9 Å². The fraction of sp³-hybridized carbons (Fsp3) is 0.312. The van der Waals surface area contributed by atoms with Gasteiger partial charge in [0.1, 0.15) is 5.75 Å². The van der Waals surface area contributed by atoms with Crippen molar-refractivity contribution in [2.45, 2.75) is 24.6 Å². The van der Waals surface area contributed by atoms with Crippen molar-refractivity contribution in [2.75, 3.05) is 14.2 Å². The smallest absolute Gasteiger partial charge is 0.323 e. The van der Waals surface area contributed by atoms with Gasteiger partial charge in [-0.2, -0.15) is 9.97 Å². The number of nitrogens with one attached hydrogen (secondary N) is 1. The highest BCUT2D eigenvalue weighted by molar-refractivity contribution is 7.90. The average molecular weight is 357 g/mol. The number of aromatic amines is 1. The van der Waals surface area contributed by atoms with Gasteiger partial charge in [-0.3, -0.25) is 9.97 Å². The van der Waals surface area contributed by atoms with Gasteiger partial charge in [0.15, 0.2) is 11.4 Å². The first kappa shape index (κ1) is 7.71. The molecule has 3 heterocycles. The Morgan fingerprint density at radius 1 is 1.33 bits per heavy atom. The third-order valence-electron chi connectivity index (χ3n) is 2.90. The summed E-state index contributed by atoms with van der Waals surface area (Å²) < 4.78 is 110. The number of fused-ring (bicyclic) bond motifs is 1. The van der Waals surface area contributed by atoms with Gasteiger partial charge in [0.05, 0.1) is 32.3 Å². The molecule has 7 nitrogen and oxygen atoms in total. The normalized spacial score (nSPS) is 20.7. The largest absolute Gasteiger partial charge is 0.609 e. The molecule has 0 aliphatic heterocycles. The number of hydrogen-bond donors (Lipinski definition) is 1. The van der Waals surface area contributed by atoms with Gasteiger partial charge in [-0.25, -0.2) is 0 Å². The quantitative estimate of drug-likeness (QED) is 0.704. The zero-order valence-electron chi connectivity index (χ0n) is 23.5. The summed E-state index contributed by atoms with van der Waals surface area (Å²) in [6, 6.07) is -0.819. The molecular formula is C16H18N4O3S. The molecule has 0 saturated heterocycles. The summed E-state index contributed by atoms with van der Waals surface area (Å²) in [5.41, 5.74) is -6.27. The maximum absolute atomic E-state index is 13.3. The molecule has 0 spiro atoms. The van der Waals surface area contributed by atoms with Crippen LogP contribution in [0.3, 0.4) is 0 Å². The first-order valence-corrected chi connectivity index (χ1v) is 7.54. The van der Waals surface area contributed by atoms with E-state index in [9.17, 15) is 4.55 Å². The van der Waals surface area contributed by atoms with Gasteiger partial charge in [0.2, 0.25) is 5.88 Å². The molecule has 0 radical (unpaired) electrons. The number of rotatable bonds is 5. The van der Waals surface area contributed by atoms with Crippen molar-refractivity contribution in [1.82, 2.24) is 19.9 Å². The van der Waals surface area contributed by atoms with E-state index in [1.54, 1.807) is 0 Å². The highest BCUT2D eigenvalue weighted by Gasteiger charge is 2.21. The number of H-pyrrole nitrogens is 1. The van der Waals surface area contributed by atoms with Gasteiger partial charge in [-0.05, 0) is 19.7 Å². The molecule has 0 fully saturated rings. The Bertz CT molecular complexity index is 1290. The predicted octanol–water partition coefficient (Wildman–Crippen LogP) is 2.29. The van der Waals surface area contributed by atoms with E-state index in [2.05, 4.69) is 19.9 Å². The lowest BCUT2D eigenvalue weighted by atomic mass is 10.1. The minimum absolute atomic E-state index is 0.143. The summed E-state index contributed by atoms with van der Waals surface area (Å²) in [5, 5.41) is -0.567. The van der Waals surface area contributed by atoms with Crippen LogP contribution in [0.5, 0.6) is 11.6 Å². The zero-order valence-corrected chi connectivity index (χ0v) is 13.3. The number of methoxy groups -OCH3 is 2. The van der Waals surface area contributed by atoms with E-state index in [0.29, 0.717) is 0 Å². The van der Waals surface area contributed by atoms with Crippen LogP contribution in [0.4, 0.5) is 0 Å². The van der Waals surface area contributed by atoms with Crippen molar-refractivity contribution in [1.29, 1.82) is 0 Å². The van der Waals surface area contributed by atoms with Crippen LogP contribution in [0.2, 0.25) is 0 Å². The van der Waals surface area contributed by atoms with Crippen LogP contribution < -0.4 is 9.47 Å². The second kappa shape index (κ2) is 6.66. The van der Waals surface area contributed by atoms with Crippen LogP contribution in [0.25, 0.3) is 11.2 Å². The number of pyridine rings is 2. The second-order valence-electron chi connectivity index (χ2n) is 4.34. The Labute approximate surface area is 158 Å². The molecule has 0 bridgehead atoms. The van der Waals surface area contributed by atoms with Gasteiger partial charge in [-0.15, -0.1) is 0 Å². The molecule has 0 aromatic carbocycles. The molecular weight excluding hydrogens is 328 g/mol. The Morgan fingerprint density at radius 2 is 2.21 bits per heavy atom. The molecule has 8 heteroatoms. The zero-order chi connectivity index (χ0) is 26.7. The standard InChI is InChI=1S/C16H18N4O3S/c1-9-7-17-12(10(2)14(9)23-4)8-24(21)16-18-11-5-6-13(22-3)19-15(11)20-16/h5-7H,8H2,1-4H3,(H,18,19,20)/i1D3,2D3,5D,6D,7D,8D2. The Hall–Kier alpha value is -2.32. The van der Waals surface area contributed by atoms with Crippen LogP contribution in [0.15, 0.2) is 23.4 Å². The van der Waals surface area contributed by atoms with E-state index in [0.717, 1.165) is 7.11 Å². The third kappa shape index (κ3) is 3.02. The lowest BCUT2D eigenvalue weighted by Crippen LogP contribution is -2.10. The lowest BCUT2D eigenvalue weighted by molar-refractivity contribution is 0.399. The molecule has 3 aromatic rings. The number of nitrogens with zero attached hydrogens (tertiary/aromatic N) is 3. The van der Waals surface area contributed by atoms with Crippen molar-refractivity contribution in [2.24, 2.45) is 0 Å². The van der Waals surface area contributed by atoms with Gasteiger partial charge in [-0.1, -0.05) is 0 Å². The van der Waals surface area contributed by atoms with Crippen molar-refractivity contribution in [3.63, 3.8) is 0 Å². The average Bonchev–Trinajstić information content (AvgIpc) is 3.17. The summed E-state index contributed by atoms with van der Waals surface area (Å²) in [6.07, 6.45) is -0.978. The number of ether oxygens (including phenoxy) is 2. The minimum Gasteiger partial charge on any atom is -0.609 e. The summed E-state index contributed by atoms with van der Waals surface area (Å²) >= 11 is -2.84. The fourth-order valence-corrected chi connectivity index (χ4v) is 2.58. The lowest BCUT2D eigenvalue weighted by Gasteiger charge is -2.13. The summed E-state index contributed by atoms with van der Waals surface area (Å²) in [4.78, 5) is 13.9. The summed E-state index contributed by atoms with van der Waals surface area (Å²) in [6.45, 7) is -6.18. The van der Waals surface area contributed by atoms with Crippen LogP contribution in [0.1, 0.15) is 31.9 Å². The Balaban J connectivity index is 2.28. The van der Waals surface area contributed by atoms with Crippen molar-refractivity contribution in [3.8, 4) is 11.6 Å². The molecule has 0 aliphatic carbocycles. The van der Waals surface area contributed by atoms with Crippen molar-refractivity contribution < 1.29 is 29.1 Å². The molecule has 24 heavy (non-hydrogen) atoms. The molecule has 0 amide bonds. The molecule has 3 aromatic heterocycles. The maximum Gasteiger partial charge on any atom is 0.323 e. The van der Waals surface area contributed by atoms with Crippen LogP contribution in [0, 0.1) is 13.7 Å². The highest BCUT2D eigenvalue weighted by Crippen LogP contribution is 2.26. The van der Waals surface area contributed by atoms with E-state index >= 15 is 0 Å². The molecule has 1 unspecified atom stereocenters. The van der Waals surface area contributed by atoms with Gasteiger partial charge in [0.25, 0.3) is 0 Å². The summed E-state index contributed by atoms with van der Waals surface area (Å²) in [7, 11) is 2.18. The van der Waals surface area contributed by atoms with E-state index < -0.39 is 76.6 Å². The minimum atomic E-state index is -3.17. The number of hydrogen-bond acceptors (Lipinski definition) is 6. The van der Waals surface area contributed by atoms with Crippen molar-refractivity contribution in [3.05, 3.63) is 35.1 Å². The molecule has 126 valence electrons. The maximum atomic E-state index is 13.3. The molecule has 0 saturated carbocycles. The van der Waals surface area contributed by atoms with Crippen LogP contribution >= 0.6 is 0 Å². The van der Waals surface area contributed by atoms with Gasteiger partial charge < -0.3 is 14.0 Å². The Kier molecular flexibility index (Phi) is 2.14. The predicted molar refractivity (Wildman–Crippen MR) is 90.8 cm³/mol. The van der Waals surface area contributed by atoms with Gasteiger partial charge >= 0.3 is 5.16 Å². The molecule has 1 N–H and O–H groups in total. The second-order valence-corrected chi connectivity index (χ2v) is 5.47. The molecule has 3 rings (SSSR count). The highest BCUT2D eigenvalue weighted by atomic mass is 32.2. The monoisotopic (exact) mass is 357 g/mol. The van der Waals surface area contributed by atoms with E-state index in [1.807, 2.05) is 0 Å². The summed E-state index contributed by atoms with van der Waals surface area (Å²) in [5.74, 6) is -1.03. The first-order valence-electron chi connectivity index (χ1n) is 11.9. The van der Waals surface area contributed by atoms with E-state index in [-0.39, 0.29) is 17.0 Å². The van der Waals surface area contributed by atoms with Crippen molar-refractivity contribution >= 4 is 22.3 Å². The Morgan fingerprint density at radius 3 is 2.92 bits per heavy atom. The number of imidazole rings is 1. The third-order valence-corrected chi connectivity index (χ3v) is 3.82. The SMILES string of the molecule is [2H]c1nc(C([2H])([2H])[S+]([O-])c2nc3nc(OC)c([2H])c([2H])c3[nH]2)c(C([2H])([2H])[2H])c(OC)c1C([2H])([2H])[2H]. The topological polar surface area (TPSA) is 96.0 Å². The number of aromatic nitrogens is 4. The molecule has 0 aliphatic rings. The van der Waals surface area contributed by atoms with E-state index in [1.165, 1.54) is 7.11 Å². The fourth-order valence-electron chi connectivity index (χ4n) is 1.80. The van der Waals surface area contributed by atoms with E-state index in [4.69, 9.17) is 24.6 Å². The molecule has 1 atom stereocenters.